The Bertz CT molecular complexity index is 655. The average molecular weight is 309 g/mol. The quantitative estimate of drug-likeness (QED) is 0.679. The zero-order valence-electron chi connectivity index (χ0n) is 11.2. The van der Waals surface area contributed by atoms with Crippen LogP contribution < -0.4 is 5.32 Å². The minimum atomic E-state index is -0.605. The van der Waals surface area contributed by atoms with E-state index in [0.29, 0.717) is 6.42 Å². The summed E-state index contributed by atoms with van der Waals surface area (Å²) in [4.78, 5) is 22.5. The van der Waals surface area contributed by atoms with Crippen LogP contribution in [-0.4, -0.2) is 16.9 Å². The first-order valence-electron chi connectivity index (χ1n) is 6.23. The Hall–Kier alpha value is -2.34. The molecular formula is C14H13ClN2O4. The summed E-state index contributed by atoms with van der Waals surface area (Å²) >= 11 is 5.80. The zero-order valence-corrected chi connectivity index (χ0v) is 12.0. The minimum absolute atomic E-state index is 0.0495. The number of rotatable bonds is 5. The normalized spacial score (nSPS) is 11.9. The van der Waals surface area contributed by atoms with E-state index in [4.69, 9.17) is 16.0 Å². The predicted octanol–water partition coefficient (Wildman–Crippen LogP) is 3.20. The van der Waals surface area contributed by atoms with Gasteiger partial charge in [0.05, 0.1) is 17.4 Å². The molecule has 0 aliphatic heterocycles. The van der Waals surface area contributed by atoms with E-state index >= 15 is 0 Å². The number of nitrogens with one attached hydrogen (secondary N) is 1. The summed E-state index contributed by atoms with van der Waals surface area (Å²) in [6.45, 7) is 1.81. The van der Waals surface area contributed by atoms with Crippen molar-refractivity contribution in [3.8, 4) is 0 Å². The number of nitrogens with zero attached hydrogens (tertiary/aromatic N) is 1. The lowest BCUT2D eigenvalue weighted by Crippen LogP contribution is -2.34. The van der Waals surface area contributed by atoms with Crippen molar-refractivity contribution in [3.63, 3.8) is 0 Å². The topological polar surface area (TPSA) is 85.4 Å². The van der Waals surface area contributed by atoms with Gasteiger partial charge in [0.25, 0.3) is 11.6 Å². The second-order valence-corrected chi connectivity index (χ2v) is 5.07. The molecule has 7 heteroatoms. The summed E-state index contributed by atoms with van der Waals surface area (Å²) in [6.07, 6.45) is 3.70. The lowest BCUT2D eigenvalue weighted by Gasteiger charge is -2.13. The van der Waals surface area contributed by atoms with E-state index in [9.17, 15) is 14.9 Å². The molecule has 110 valence electrons. The van der Waals surface area contributed by atoms with Gasteiger partial charge in [0, 0.05) is 17.1 Å². The maximum Gasteiger partial charge on any atom is 0.282 e. The predicted molar refractivity (Wildman–Crippen MR) is 77.4 cm³/mol. The maximum absolute atomic E-state index is 12.2. The largest absolute Gasteiger partial charge is 0.472 e. The number of carbonyl (C=O) groups excluding carboxylic acids is 1. The molecule has 2 rings (SSSR count). The highest BCUT2D eigenvalue weighted by Crippen LogP contribution is 2.22. The van der Waals surface area contributed by atoms with Crippen LogP contribution in [0, 0.1) is 10.1 Å². The van der Waals surface area contributed by atoms with Crippen LogP contribution in [0.15, 0.2) is 41.2 Å². The highest BCUT2D eigenvalue weighted by atomic mass is 35.5. The third-order valence-corrected chi connectivity index (χ3v) is 3.13. The molecule has 0 saturated carbocycles. The smallest absolute Gasteiger partial charge is 0.282 e. The van der Waals surface area contributed by atoms with Crippen molar-refractivity contribution >= 4 is 23.2 Å². The van der Waals surface area contributed by atoms with Crippen LogP contribution in [0.2, 0.25) is 5.02 Å². The van der Waals surface area contributed by atoms with Gasteiger partial charge < -0.3 is 9.73 Å². The molecule has 0 spiro atoms. The molecule has 2 aromatic rings. The van der Waals surface area contributed by atoms with E-state index in [1.54, 1.807) is 25.5 Å². The molecule has 1 unspecified atom stereocenters. The number of furan rings is 1. The van der Waals surface area contributed by atoms with Crippen molar-refractivity contribution in [1.29, 1.82) is 0 Å². The van der Waals surface area contributed by atoms with Gasteiger partial charge >= 0.3 is 0 Å². The van der Waals surface area contributed by atoms with E-state index in [0.717, 1.165) is 5.56 Å². The maximum atomic E-state index is 12.2. The van der Waals surface area contributed by atoms with Gasteiger partial charge in [-0.3, -0.25) is 14.9 Å². The zero-order chi connectivity index (χ0) is 15.4. The van der Waals surface area contributed by atoms with E-state index in [2.05, 4.69) is 5.32 Å². The molecule has 21 heavy (non-hydrogen) atoms. The van der Waals surface area contributed by atoms with Crippen molar-refractivity contribution in [3.05, 3.63) is 63.1 Å². The lowest BCUT2D eigenvalue weighted by molar-refractivity contribution is -0.385. The van der Waals surface area contributed by atoms with Crippen LogP contribution in [0.25, 0.3) is 0 Å². The Labute approximate surface area is 125 Å². The standard InChI is InChI=1S/C14H13ClN2O4/c1-9(6-10-4-5-21-8-10)16-14(18)12-7-11(15)2-3-13(12)17(19)20/h2-5,7-9H,6H2,1H3,(H,16,18). The monoisotopic (exact) mass is 308 g/mol. The van der Waals surface area contributed by atoms with Gasteiger partial charge in [-0.2, -0.15) is 0 Å². The van der Waals surface area contributed by atoms with Gasteiger partial charge in [0.15, 0.2) is 0 Å². The SMILES string of the molecule is CC(Cc1ccoc1)NC(=O)c1cc(Cl)ccc1[N+](=O)[O-]. The second kappa shape index (κ2) is 6.41. The molecule has 0 bridgehead atoms. The number of carbonyl (C=O) groups is 1. The molecule has 1 N–H and O–H groups in total. The van der Waals surface area contributed by atoms with E-state index in [-0.39, 0.29) is 22.3 Å². The number of benzene rings is 1. The van der Waals surface area contributed by atoms with Gasteiger partial charge in [-0.05, 0) is 37.1 Å². The summed E-state index contributed by atoms with van der Waals surface area (Å²) in [7, 11) is 0. The molecule has 1 aromatic heterocycles. The Balaban J connectivity index is 2.12. The number of hydrogen-bond acceptors (Lipinski definition) is 4. The summed E-state index contributed by atoms with van der Waals surface area (Å²) in [5, 5.41) is 13.9. The number of hydrogen-bond donors (Lipinski definition) is 1. The minimum Gasteiger partial charge on any atom is -0.472 e. The van der Waals surface area contributed by atoms with Gasteiger partial charge in [-0.15, -0.1) is 0 Å². The van der Waals surface area contributed by atoms with Gasteiger partial charge in [0.1, 0.15) is 5.56 Å². The Morgan fingerprint density at radius 2 is 2.24 bits per heavy atom. The van der Waals surface area contributed by atoms with Crippen molar-refractivity contribution in [2.24, 2.45) is 0 Å². The van der Waals surface area contributed by atoms with Crippen LogP contribution >= 0.6 is 11.6 Å². The van der Waals surface area contributed by atoms with Gasteiger partial charge in [-0.1, -0.05) is 11.6 Å². The summed E-state index contributed by atoms with van der Waals surface area (Å²) < 4.78 is 4.95. The van der Waals surface area contributed by atoms with E-state index in [1.165, 1.54) is 18.2 Å². The molecule has 0 fully saturated rings. The Morgan fingerprint density at radius 1 is 1.48 bits per heavy atom. The molecular weight excluding hydrogens is 296 g/mol. The van der Waals surface area contributed by atoms with Crippen molar-refractivity contribution in [2.75, 3.05) is 0 Å². The molecule has 0 saturated heterocycles. The van der Waals surface area contributed by atoms with Crippen molar-refractivity contribution in [1.82, 2.24) is 5.32 Å². The van der Waals surface area contributed by atoms with Crippen LogP contribution in [0.4, 0.5) is 5.69 Å². The van der Waals surface area contributed by atoms with E-state index in [1.807, 2.05) is 0 Å². The third kappa shape index (κ3) is 3.82. The lowest BCUT2D eigenvalue weighted by atomic mass is 10.1. The fraction of sp³-hybridized carbons (Fsp3) is 0.214. The summed E-state index contributed by atoms with van der Waals surface area (Å²) in [6, 6.07) is 5.49. The van der Waals surface area contributed by atoms with Gasteiger partial charge in [0.2, 0.25) is 0 Å². The summed E-state index contributed by atoms with van der Waals surface area (Å²) in [5.41, 5.74) is 0.613. The fourth-order valence-electron chi connectivity index (χ4n) is 1.96. The highest BCUT2D eigenvalue weighted by Gasteiger charge is 2.21. The molecule has 0 aliphatic carbocycles. The fourth-order valence-corrected chi connectivity index (χ4v) is 2.14. The molecule has 6 nitrogen and oxygen atoms in total. The average Bonchev–Trinajstić information content (AvgIpc) is 2.90. The van der Waals surface area contributed by atoms with E-state index < -0.39 is 10.8 Å². The number of nitro groups is 1. The molecule has 1 aromatic carbocycles. The highest BCUT2D eigenvalue weighted by molar-refractivity contribution is 6.31. The van der Waals surface area contributed by atoms with Crippen molar-refractivity contribution < 1.29 is 14.1 Å². The second-order valence-electron chi connectivity index (χ2n) is 4.63. The number of halogens is 1. The summed E-state index contributed by atoms with van der Waals surface area (Å²) in [5.74, 6) is -0.528. The van der Waals surface area contributed by atoms with Crippen LogP contribution in [0.5, 0.6) is 0 Å². The van der Waals surface area contributed by atoms with Crippen molar-refractivity contribution in [2.45, 2.75) is 19.4 Å². The van der Waals surface area contributed by atoms with Gasteiger partial charge in [-0.25, -0.2) is 0 Å². The molecule has 1 atom stereocenters. The molecule has 1 heterocycles. The van der Waals surface area contributed by atoms with Crippen LogP contribution in [-0.2, 0) is 6.42 Å². The molecule has 0 radical (unpaired) electrons. The Kier molecular flexibility index (Phi) is 4.59. The first kappa shape index (κ1) is 15.1. The Morgan fingerprint density at radius 3 is 2.86 bits per heavy atom. The first-order chi connectivity index (χ1) is 9.97. The number of amides is 1. The number of nitro benzene ring substituents is 1. The first-order valence-corrected chi connectivity index (χ1v) is 6.61. The van der Waals surface area contributed by atoms with Crippen LogP contribution in [0.3, 0.4) is 0 Å². The van der Waals surface area contributed by atoms with Crippen LogP contribution in [0.1, 0.15) is 22.8 Å². The third-order valence-electron chi connectivity index (χ3n) is 2.90. The molecule has 0 aliphatic rings. The molecule has 1 amide bonds.